The lowest BCUT2D eigenvalue weighted by atomic mass is 9.93. The average molecular weight is 414 g/mol. The van der Waals surface area contributed by atoms with Gasteiger partial charge in [-0.15, -0.1) is 0 Å². The SMILES string of the molecule is OCc1ccccc1Pc1cccc(CC2C=CC=CC2)c1OCc1ccccc1. The van der Waals surface area contributed by atoms with Crippen LogP contribution in [-0.2, 0) is 19.6 Å². The maximum atomic E-state index is 9.75. The zero-order valence-electron chi connectivity index (χ0n) is 17.0. The number of hydrogen-bond donors (Lipinski definition) is 1. The summed E-state index contributed by atoms with van der Waals surface area (Å²) in [5.41, 5.74) is 3.40. The van der Waals surface area contributed by atoms with Crippen LogP contribution < -0.4 is 15.3 Å². The second-order valence-corrected chi connectivity index (χ2v) is 8.85. The molecule has 0 saturated carbocycles. The van der Waals surface area contributed by atoms with Gasteiger partial charge in [-0.1, -0.05) is 106 Å². The molecular weight excluding hydrogens is 387 g/mol. The first kappa shape index (κ1) is 20.6. The molecule has 152 valence electrons. The molecule has 0 fully saturated rings. The van der Waals surface area contributed by atoms with Gasteiger partial charge < -0.3 is 9.84 Å². The van der Waals surface area contributed by atoms with Gasteiger partial charge >= 0.3 is 0 Å². The Bertz CT molecular complexity index is 1020. The van der Waals surface area contributed by atoms with Crippen LogP contribution in [0.25, 0.3) is 0 Å². The molecule has 0 aromatic heterocycles. The van der Waals surface area contributed by atoms with Crippen molar-refractivity contribution in [2.75, 3.05) is 0 Å². The summed E-state index contributed by atoms with van der Waals surface area (Å²) in [4.78, 5) is 0. The van der Waals surface area contributed by atoms with Crippen LogP contribution in [0.3, 0.4) is 0 Å². The lowest BCUT2D eigenvalue weighted by Gasteiger charge is -2.20. The van der Waals surface area contributed by atoms with Crippen LogP contribution in [0.2, 0.25) is 0 Å². The van der Waals surface area contributed by atoms with Crippen LogP contribution in [0.1, 0.15) is 23.1 Å². The van der Waals surface area contributed by atoms with Crippen LogP contribution in [0.5, 0.6) is 5.75 Å². The van der Waals surface area contributed by atoms with Gasteiger partial charge in [-0.05, 0) is 40.8 Å². The summed E-state index contributed by atoms with van der Waals surface area (Å²) in [5, 5.41) is 12.1. The Morgan fingerprint density at radius 2 is 1.60 bits per heavy atom. The van der Waals surface area contributed by atoms with Gasteiger partial charge in [-0.25, -0.2) is 0 Å². The van der Waals surface area contributed by atoms with E-state index < -0.39 is 0 Å². The first-order valence-electron chi connectivity index (χ1n) is 10.4. The van der Waals surface area contributed by atoms with Crippen molar-refractivity contribution in [3.8, 4) is 5.75 Å². The molecular formula is C27H27O2P. The Hall–Kier alpha value is -2.67. The predicted molar refractivity (Wildman–Crippen MR) is 127 cm³/mol. The highest BCUT2D eigenvalue weighted by Gasteiger charge is 2.16. The minimum atomic E-state index is 0.0578. The second kappa shape index (κ2) is 10.4. The molecule has 2 atom stereocenters. The zero-order chi connectivity index (χ0) is 20.6. The minimum Gasteiger partial charge on any atom is -0.488 e. The smallest absolute Gasteiger partial charge is 0.130 e. The predicted octanol–water partition coefficient (Wildman–Crippen LogP) is 5.06. The number of ether oxygens (including phenoxy) is 1. The highest BCUT2D eigenvalue weighted by molar-refractivity contribution is 7.55. The van der Waals surface area contributed by atoms with E-state index in [2.05, 4.69) is 60.7 Å². The summed E-state index contributed by atoms with van der Waals surface area (Å²) in [6.45, 7) is 0.611. The Morgan fingerprint density at radius 1 is 0.833 bits per heavy atom. The molecule has 1 aliphatic rings. The second-order valence-electron chi connectivity index (χ2n) is 7.52. The zero-order valence-corrected chi connectivity index (χ0v) is 18.0. The molecule has 3 heteroatoms. The maximum absolute atomic E-state index is 9.75. The van der Waals surface area contributed by atoms with Gasteiger partial charge in [0.25, 0.3) is 0 Å². The monoisotopic (exact) mass is 414 g/mol. The van der Waals surface area contributed by atoms with Gasteiger partial charge in [0.05, 0.1) is 6.61 Å². The van der Waals surface area contributed by atoms with E-state index in [0.29, 0.717) is 21.1 Å². The molecule has 2 nitrogen and oxygen atoms in total. The number of benzene rings is 3. The normalized spacial score (nSPS) is 15.7. The molecule has 2 unspecified atom stereocenters. The summed E-state index contributed by atoms with van der Waals surface area (Å²) in [6.07, 6.45) is 10.8. The number of aliphatic hydroxyl groups is 1. The fourth-order valence-electron chi connectivity index (χ4n) is 3.74. The number of para-hydroxylation sites is 1. The number of rotatable bonds is 8. The van der Waals surface area contributed by atoms with Gasteiger partial charge in [0, 0.05) is 5.30 Å². The van der Waals surface area contributed by atoms with Gasteiger partial charge in [-0.3, -0.25) is 0 Å². The number of aliphatic hydroxyl groups excluding tert-OH is 1. The van der Waals surface area contributed by atoms with E-state index in [1.54, 1.807) is 0 Å². The highest BCUT2D eigenvalue weighted by Crippen LogP contribution is 2.29. The molecule has 0 bridgehead atoms. The molecule has 3 aromatic rings. The van der Waals surface area contributed by atoms with E-state index >= 15 is 0 Å². The molecule has 0 spiro atoms. The first-order valence-corrected chi connectivity index (χ1v) is 11.4. The van der Waals surface area contributed by atoms with E-state index in [0.717, 1.165) is 29.7 Å². The first-order chi connectivity index (χ1) is 14.8. The third-order valence-electron chi connectivity index (χ3n) is 5.33. The fourth-order valence-corrected chi connectivity index (χ4v) is 5.05. The summed E-state index contributed by atoms with van der Waals surface area (Å²) < 4.78 is 6.44. The maximum Gasteiger partial charge on any atom is 0.130 e. The molecule has 3 aromatic carbocycles. The van der Waals surface area contributed by atoms with Crippen molar-refractivity contribution in [3.05, 3.63) is 114 Å². The molecule has 1 N–H and O–H groups in total. The Morgan fingerprint density at radius 3 is 2.40 bits per heavy atom. The van der Waals surface area contributed by atoms with Crippen LogP contribution in [0.4, 0.5) is 0 Å². The Labute approximate surface area is 180 Å². The summed E-state index contributed by atoms with van der Waals surface area (Å²) in [5.74, 6) is 1.49. The number of allylic oxidation sites excluding steroid dienone is 4. The minimum absolute atomic E-state index is 0.0578. The van der Waals surface area contributed by atoms with Gasteiger partial charge in [0.2, 0.25) is 0 Å². The summed E-state index contributed by atoms with van der Waals surface area (Å²) >= 11 is 0. The lowest BCUT2D eigenvalue weighted by Crippen LogP contribution is -2.15. The third-order valence-corrected chi connectivity index (χ3v) is 6.75. The van der Waals surface area contributed by atoms with E-state index in [-0.39, 0.29) is 6.61 Å². The third kappa shape index (κ3) is 5.27. The van der Waals surface area contributed by atoms with Gasteiger partial charge in [0.15, 0.2) is 0 Å². The molecule has 30 heavy (non-hydrogen) atoms. The molecule has 0 heterocycles. The highest BCUT2D eigenvalue weighted by atomic mass is 31.1. The largest absolute Gasteiger partial charge is 0.488 e. The van der Waals surface area contributed by atoms with Crippen molar-refractivity contribution < 1.29 is 9.84 Å². The summed E-state index contributed by atoms with van der Waals surface area (Å²) in [7, 11) is 0.440. The van der Waals surface area contributed by atoms with Crippen molar-refractivity contribution in [3.63, 3.8) is 0 Å². The topological polar surface area (TPSA) is 29.5 Å². The van der Waals surface area contributed by atoms with Crippen LogP contribution in [0.15, 0.2) is 97.1 Å². The average Bonchev–Trinajstić information content (AvgIpc) is 2.80. The summed E-state index contributed by atoms with van der Waals surface area (Å²) in [6, 6.07) is 24.9. The van der Waals surface area contributed by atoms with Crippen LogP contribution >= 0.6 is 8.58 Å². The van der Waals surface area contributed by atoms with E-state index in [1.807, 2.05) is 36.4 Å². The molecule has 0 radical (unpaired) electrons. The van der Waals surface area contributed by atoms with E-state index in [9.17, 15) is 5.11 Å². The van der Waals surface area contributed by atoms with E-state index in [4.69, 9.17) is 4.74 Å². The van der Waals surface area contributed by atoms with Gasteiger partial charge in [-0.2, -0.15) is 0 Å². The molecule has 0 aliphatic heterocycles. The van der Waals surface area contributed by atoms with Crippen molar-refractivity contribution >= 4 is 19.2 Å². The lowest BCUT2D eigenvalue weighted by molar-refractivity contribution is 0.283. The van der Waals surface area contributed by atoms with Crippen LogP contribution in [0, 0.1) is 5.92 Å². The van der Waals surface area contributed by atoms with Crippen molar-refractivity contribution in [2.45, 2.75) is 26.1 Å². The molecule has 4 rings (SSSR count). The van der Waals surface area contributed by atoms with Crippen molar-refractivity contribution in [1.82, 2.24) is 0 Å². The molecule has 0 saturated heterocycles. The molecule has 1 aliphatic carbocycles. The molecule has 0 amide bonds. The Balaban J connectivity index is 1.64. The standard InChI is InChI=1S/C27H27O2P/c28-19-24-14-7-8-16-25(24)30-26-17-9-15-23(18-21-10-3-1-4-11-21)27(26)29-20-22-12-5-2-6-13-22/h1-10,12-17,21,28,30H,11,18-20H2. The number of hydrogen-bond acceptors (Lipinski definition) is 2. The quantitative estimate of drug-likeness (QED) is 0.522. The van der Waals surface area contributed by atoms with Gasteiger partial charge in [0.1, 0.15) is 12.4 Å². The Kier molecular flexibility index (Phi) is 7.13. The van der Waals surface area contributed by atoms with Crippen molar-refractivity contribution in [1.29, 1.82) is 0 Å². The van der Waals surface area contributed by atoms with E-state index in [1.165, 1.54) is 16.2 Å². The van der Waals surface area contributed by atoms with Crippen molar-refractivity contribution in [2.24, 2.45) is 5.92 Å². The van der Waals surface area contributed by atoms with Crippen LogP contribution in [-0.4, -0.2) is 5.11 Å². The fraction of sp³-hybridized carbons (Fsp3) is 0.185.